The molecule has 0 aliphatic heterocycles. The highest BCUT2D eigenvalue weighted by Gasteiger charge is 2.04. The lowest BCUT2D eigenvalue weighted by Gasteiger charge is -2.09. The van der Waals surface area contributed by atoms with Crippen LogP contribution in [0.1, 0.15) is 18.9 Å². The van der Waals surface area contributed by atoms with Gasteiger partial charge < -0.3 is 5.32 Å². The lowest BCUT2D eigenvalue weighted by Crippen LogP contribution is -2.14. The first-order valence-corrected chi connectivity index (χ1v) is 6.83. The number of benzene rings is 2. The van der Waals surface area contributed by atoms with Crippen LogP contribution in [0.4, 0.5) is 4.39 Å². The van der Waals surface area contributed by atoms with Crippen molar-refractivity contribution in [2.45, 2.75) is 19.9 Å². The van der Waals surface area contributed by atoms with E-state index in [1.807, 2.05) is 12.1 Å². The summed E-state index contributed by atoms with van der Waals surface area (Å²) in [6, 6.07) is 12.4. The van der Waals surface area contributed by atoms with E-state index in [1.54, 1.807) is 12.1 Å². The summed E-state index contributed by atoms with van der Waals surface area (Å²) in [5, 5.41) is 4.09. The number of halogens is 2. The Kier molecular flexibility index (Phi) is 4.94. The van der Waals surface area contributed by atoms with Gasteiger partial charge in [-0.2, -0.15) is 0 Å². The van der Waals surface area contributed by atoms with Gasteiger partial charge in [0.1, 0.15) is 5.82 Å². The minimum absolute atomic E-state index is 0.220. The van der Waals surface area contributed by atoms with E-state index in [9.17, 15) is 4.39 Å². The third-order valence-corrected chi connectivity index (χ3v) is 3.33. The van der Waals surface area contributed by atoms with Crippen molar-refractivity contribution >= 4 is 11.6 Å². The lowest BCUT2D eigenvalue weighted by molar-refractivity contribution is 0.628. The van der Waals surface area contributed by atoms with Crippen LogP contribution in [0.5, 0.6) is 0 Å². The molecule has 100 valence electrons. The molecular weight excluding hydrogens is 261 g/mol. The monoisotopic (exact) mass is 277 g/mol. The first kappa shape index (κ1) is 14.0. The smallest absolute Gasteiger partial charge is 0.123 e. The van der Waals surface area contributed by atoms with Crippen LogP contribution >= 0.6 is 11.6 Å². The Bertz CT molecular complexity index is 537. The van der Waals surface area contributed by atoms with E-state index >= 15 is 0 Å². The Morgan fingerprint density at radius 3 is 2.42 bits per heavy atom. The summed E-state index contributed by atoms with van der Waals surface area (Å²) in [7, 11) is 0. The molecule has 0 spiro atoms. The molecule has 3 heteroatoms. The summed E-state index contributed by atoms with van der Waals surface area (Å²) in [4.78, 5) is 0. The minimum atomic E-state index is -0.220. The third-order valence-electron chi connectivity index (χ3n) is 2.97. The predicted molar refractivity (Wildman–Crippen MR) is 78.8 cm³/mol. The molecule has 0 radical (unpaired) electrons. The average Bonchev–Trinajstić information content (AvgIpc) is 2.42. The van der Waals surface area contributed by atoms with E-state index in [1.165, 1.54) is 12.1 Å². The van der Waals surface area contributed by atoms with E-state index in [0.29, 0.717) is 0 Å². The maximum atomic E-state index is 12.9. The van der Waals surface area contributed by atoms with Gasteiger partial charge in [-0.15, -0.1) is 0 Å². The number of hydrogen-bond acceptors (Lipinski definition) is 1. The van der Waals surface area contributed by atoms with Crippen LogP contribution in [0.3, 0.4) is 0 Å². The van der Waals surface area contributed by atoms with Crippen molar-refractivity contribution in [3.8, 4) is 11.1 Å². The Morgan fingerprint density at radius 1 is 1.05 bits per heavy atom. The predicted octanol–water partition coefficient (Wildman–Crippen LogP) is 4.65. The standard InChI is InChI=1S/C16H17ClFN/c1-2-9-19-11-14-10-13(5-8-16(14)17)12-3-6-15(18)7-4-12/h3-8,10,19H,2,9,11H2,1H3. The van der Waals surface area contributed by atoms with Gasteiger partial charge in [-0.1, -0.05) is 36.7 Å². The van der Waals surface area contributed by atoms with E-state index < -0.39 is 0 Å². The Morgan fingerprint density at radius 2 is 1.74 bits per heavy atom. The highest BCUT2D eigenvalue weighted by Crippen LogP contribution is 2.25. The minimum Gasteiger partial charge on any atom is -0.313 e. The molecule has 0 fully saturated rings. The second-order valence-electron chi connectivity index (χ2n) is 4.49. The van der Waals surface area contributed by atoms with Crippen LogP contribution < -0.4 is 5.32 Å². The lowest BCUT2D eigenvalue weighted by atomic mass is 10.0. The fourth-order valence-electron chi connectivity index (χ4n) is 1.93. The molecule has 0 bridgehead atoms. The van der Waals surface area contributed by atoms with Crippen LogP contribution in [0, 0.1) is 5.82 Å². The summed E-state index contributed by atoms with van der Waals surface area (Å²) in [6.45, 7) is 3.85. The molecule has 0 amide bonds. The molecule has 0 aliphatic rings. The van der Waals surface area contributed by atoms with Gasteiger partial charge in [-0.25, -0.2) is 4.39 Å². The van der Waals surface area contributed by atoms with Gasteiger partial charge in [0.25, 0.3) is 0 Å². The SMILES string of the molecule is CCCNCc1cc(-c2ccc(F)cc2)ccc1Cl. The third kappa shape index (κ3) is 3.79. The summed E-state index contributed by atoms with van der Waals surface area (Å²) in [5.41, 5.74) is 3.12. The summed E-state index contributed by atoms with van der Waals surface area (Å²) in [5.74, 6) is -0.220. The normalized spacial score (nSPS) is 10.7. The van der Waals surface area contributed by atoms with Crippen molar-refractivity contribution in [3.63, 3.8) is 0 Å². The first-order valence-electron chi connectivity index (χ1n) is 6.46. The Hall–Kier alpha value is -1.38. The maximum absolute atomic E-state index is 12.9. The molecule has 0 saturated carbocycles. The fraction of sp³-hybridized carbons (Fsp3) is 0.250. The van der Waals surface area contributed by atoms with E-state index in [-0.39, 0.29) is 5.82 Å². The van der Waals surface area contributed by atoms with Crippen LogP contribution in [0.2, 0.25) is 5.02 Å². The van der Waals surface area contributed by atoms with Gasteiger partial charge in [0.05, 0.1) is 0 Å². The molecule has 2 aromatic rings. The second-order valence-corrected chi connectivity index (χ2v) is 4.90. The van der Waals surface area contributed by atoms with Gasteiger partial charge in [0.15, 0.2) is 0 Å². The van der Waals surface area contributed by atoms with Crippen LogP contribution in [0.25, 0.3) is 11.1 Å². The van der Waals surface area contributed by atoms with Crippen molar-refractivity contribution in [1.82, 2.24) is 5.32 Å². The quantitative estimate of drug-likeness (QED) is 0.785. The largest absolute Gasteiger partial charge is 0.313 e. The van der Waals surface area contributed by atoms with Gasteiger partial charge in [-0.05, 0) is 53.9 Å². The Labute approximate surface area is 118 Å². The topological polar surface area (TPSA) is 12.0 Å². The summed E-state index contributed by atoms with van der Waals surface area (Å²) < 4.78 is 12.9. The van der Waals surface area contributed by atoms with E-state index in [2.05, 4.69) is 18.3 Å². The highest BCUT2D eigenvalue weighted by atomic mass is 35.5. The number of hydrogen-bond donors (Lipinski definition) is 1. The molecule has 1 nitrogen and oxygen atoms in total. The zero-order valence-electron chi connectivity index (χ0n) is 10.9. The molecule has 0 heterocycles. The van der Waals surface area contributed by atoms with E-state index in [4.69, 9.17) is 11.6 Å². The van der Waals surface area contributed by atoms with Gasteiger partial charge in [0.2, 0.25) is 0 Å². The molecule has 0 unspecified atom stereocenters. The highest BCUT2D eigenvalue weighted by molar-refractivity contribution is 6.31. The van der Waals surface area contributed by atoms with E-state index in [0.717, 1.165) is 41.2 Å². The number of rotatable bonds is 5. The fourth-order valence-corrected chi connectivity index (χ4v) is 2.12. The summed E-state index contributed by atoms with van der Waals surface area (Å²) in [6.07, 6.45) is 1.09. The molecule has 2 rings (SSSR count). The second kappa shape index (κ2) is 6.69. The van der Waals surface area contributed by atoms with Crippen LogP contribution in [-0.4, -0.2) is 6.54 Å². The number of nitrogens with one attached hydrogen (secondary N) is 1. The van der Waals surface area contributed by atoms with Gasteiger partial charge in [-0.3, -0.25) is 0 Å². The zero-order valence-corrected chi connectivity index (χ0v) is 11.7. The van der Waals surface area contributed by atoms with Crippen molar-refractivity contribution in [1.29, 1.82) is 0 Å². The average molecular weight is 278 g/mol. The van der Waals surface area contributed by atoms with Crippen molar-refractivity contribution in [2.75, 3.05) is 6.54 Å². The van der Waals surface area contributed by atoms with Gasteiger partial charge >= 0.3 is 0 Å². The maximum Gasteiger partial charge on any atom is 0.123 e. The molecule has 0 aromatic heterocycles. The zero-order chi connectivity index (χ0) is 13.7. The Balaban J connectivity index is 2.22. The van der Waals surface area contributed by atoms with Crippen LogP contribution in [-0.2, 0) is 6.54 Å². The van der Waals surface area contributed by atoms with Crippen molar-refractivity contribution < 1.29 is 4.39 Å². The van der Waals surface area contributed by atoms with Crippen molar-refractivity contribution in [2.24, 2.45) is 0 Å². The molecule has 2 aromatic carbocycles. The van der Waals surface area contributed by atoms with Crippen molar-refractivity contribution in [3.05, 3.63) is 58.9 Å². The van der Waals surface area contributed by atoms with Gasteiger partial charge in [0, 0.05) is 11.6 Å². The first-order chi connectivity index (χ1) is 9.20. The molecule has 0 atom stereocenters. The van der Waals surface area contributed by atoms with Crippen LogP contribution in [0.15, 0.2) is 42.5 Å². The molecule has 0 aliphatic carbocycles. The molecule has 19 heavy (non-hydrogen) atoms. The molecular formula is C16H17ClFN. The molecule has 0 saturated heterocycles. The molecule has 1 N–H and O–H groups in total. The summed E-state index contributed by atoms with van der Waals surface area (Å²) >= 11 is 6.19.